The van der Waals surface area contributed by atoms with Crippen molar-refractivity contribution in [2.24, 2.45) is 0 Å². The Morgan fingerprint density at radius 3 is 2.47 bits per heavy atom. The summed E-state index contributed by atoms with van der Waals surface area (Å²) < 4.78 is 7.60. The Bertz CT molecular complexity index is 1310. The molecule has 0 saturated heterocycles. The van der Waals surface area contributed by atoms with Crippen molar-refractivity contribution in [2.75, 3.05) is 0 Å². The number of hydrogen-bond donors (Lipinski definition) is 1. The maximum atomic E-state index is 13.4. The third kappa shape index (κ3) is 4.25. The van der Waals surface area contributed by atoms with Gasteiger partial charge in [0.15, 0.2) is 11.9 Å². The van der Waals surface area contributed by atoms with Gasteiger partial charge in [-0.2, -0.15) is 0 Å². The molecule has 4 rings (SSSR count). The standard InChI is InChI=1S/C26H22ClNO4/c1-16-24(25(29)19-10-12-20(27)13-11-19)22-8-3-4-9-23(22)28(16)15-18-6-5-7-21(14-18)32-17(2)26(30)31/h3-14,17H,15H2,1-2H3,(H,30,31)/t17-/m1/s1. The zero-order valence-corrected chi connectivity index (χ0v) is 18.5. The van der Waals surface area contributed by atoms with Gasteiger partial charge in [-0.15, -0.1) is 0 Å². The lowest BCUT2D eigenvalue weighted by Crippen LogP contribution is -2.22. The molecule has 0 spiro atoms. The minimum absolute atomic E-state index is 0.0542. The van der Waals surface area contributed by atoms with E-state index in [0.717, 1.165) is 22.2 Å². The van der Waals surface area contributed by atoms with Gasteiger partial charge in [0.05, 0.1) is 5.56 Å². The van der Waals surface area contributed by atoms with E-state index in [-0.39, 0.29) is 5.78 Å². The lowest BCUT2D eigenvalue weighted by Gasteiger charge is -2.13. The monoisotopic (exact) mass is 447 g/mol. The number of hydrogen-bond acceptors (Lipinski definition) is 3. The third-order valence-electron chi connectivity index (χ3n) is 5.46. The molecule has 1 atom stereocenters. The van der Waals surface area contributed by atoms with Gasteiger partial charge in [-0.1, -0.05) is 41.9 Å². The Balaban J connectivity index is 1.73. The van der Waals surface area contributed by atoms with Crippen molar-refractivity contribution in [2.45, 2.75) is 26.5 Å². The molecule has 0 fully saturated rings. The van der Waals surface area contributed by atoms with Crippen LogP contribution in [0.2, 0.25) is 5.02 Å². The number of rotatable bonds is 7. The number of benzene rings is 3. The number of fused-ring (bicyclic) bond motifs is 1. The van der Waals surface area contributed by atoms with E-state index in [1.54, 1.807) is 30.3 Å². The maximum absolute atomic E-state index is 13.4. The first-order chi connectivity index (χ1) is 15.3. The number of aliphatic carboxylic acids is 1. The second-order valence-electron chi connectivity index (χ2n) is 7.65. The van der Waals surface area contributed by atoms with Gasteiger partial charge < -0.3 is 14.4 Å². The van der Waals surface area contributed by atoms with Crippen LogP contribution in [0.4, 0.5) is 0 Å². The number of nitrogens with zero attached hydrogens (tertiary/aromatic N) is 1. The van der Waals surface area contributed by atoms with Crippen LogP contribution in [0.5, 0.6) is 5.75 Å². The average Bonchev–Trinajstić information content (AvgIpc) is 3.05. The third-order valence-corrected chi connectivity index (χ3v) is 5.72. The molecule has 1 N–H and O–H groups in total. The summed E-state index contributed by atoms with van der Waals surface area (Å²) in [4.78, 5) is 24.5. The van der Waals surface area contributed by atoms with Crippen LogP contribution in [0, 0.1) is 6.92 Å². The van der Waals surface area contributed by atoms with Gasteiger partial charge in [-0.25, -0.2) is 4.79 Å². The number of aromatic nitrogens is 1. The maximum Gasteiger partial charge on any atom is 0.344 e. The first kappa shape index (κ1) is 21.7. The van der Waals surface area contributed by atoms with Crippen LogP contribution in [-0.2, 0) is 11.3 Å². The molecule has 5 nitrogen and oxygen atoms in total. The highest BCUT2D eigenvalue weighted by Gasteiger charge is 2.21. The topological polar surface area (TPSA) is 68.5 Å². The fourth-order valence-electron chi connectivity index (χ4n) is 3.82. The summed E-state index contributed by atoms with van der Waals surface area (Å²) >= 11 is 5.99. The molecular weight excluding hydrogens is 426 g/mol. The summed E-state index contributed by atoms with van der Waals surface area (Å²) in [5.74, 6) is -0.585. The summed E-state index contributed by atoms with van der Waals surface area (Å²) in [6.45, 7) is 3.95. The molecule has 0 aliphatic heterocycles. The van der Waals surface area contributed by atoms with Gasteiger partial charge in [-0.05, 0) is 61.9 Å². The Hall–Kier alpha value is -3.57. The zero-order chi connectivity index (χ0) is 22.8. The average molecular weight is 448 g/mol. The van der Waals surface area contributed by atoms with Crippen molar-refractivity contribution in [1.29, 1.82) is 0 Å². The normalized spacial score (nSPS) is 12.0. The number of carbonyl (C=O) groups is 2. The van der Waals surface area contributed by atoms with E-state index in [9.17, 15) is 9.59 Å². The van der Waals surface area contributed by atoms with Crippen molar-refractivity contribution in [3.05, 3.63) is 100 Å². The summed E-state index contributed by atoms with van der Waals surface area (Å²) in [6.07, 6.45) is -0.942. The van der Waals surface area contributed by atoms with Crippen molar-refractivity contribution in [3.63, 3.8) is 0 Å². The van der Waals surface area contributed by atoms with Gasteiger partial charge in [0.25, 0.3) is 0 Å². The predicted octanol–water partition coefficient (Wildman–Crippen LogP) is 5.73. The number of carbonyl (C=O) groups excluding carboxylic acids is 1. The molecule has 0 amide bonds. The fraction of sp³-hybridized carbons (Fsp3) is 0.154. The molecule has 1 heterocycles. The van der Waals surface area contributed by atoms with Crippen molar-refractivity contribution >= 4 is 34.3 Å². The quantitative estimate of drug-likeness (QED) is 0.367. The molecule has 0 unspecified atom stereocenters. The Morgan fingerprint density at radius 1 is 1.03 bits per heavy atom. The van der Waals surface area contributed by atoms with E-state index in [1.165, 1.54) is 6.92 Å². The molecule has 3 aromatic carbocycles. The molecule has 0 aliphatic rings. The first-order valence-corrected chi connectivity index (χ1v) is 10.6. The number of para-hydroxylation sites is 1. The summed E-state index contributed by atoms with van der Waals surface area (Å²) in [5, 5.41) is 10.6. The number of carboxylic acid groups (broad SMARTS) is 1. The van der Waals surface area contributed by atoms with Gasteiger partial charge in [0, 0.05) is 33.7 Å². The van der Waals surface area contributed by atoms with E-state index in [1.807, 2.05) is 49.4 Å². The molecule has 0 saturated carbocycles. The number of halogens is 1. The van der Waals surface area contributed by atoms with Crippen molar-refractivity contribution in [1.82, 2.24) is 4.57 Å². The molecule has 6 heteroatoms. The largest absolute Gasteiger partial charge is 0.479 e. The van der Waals surface area contributed by atoms with Crippen LogP contribution >= 0.6 is 11.6 Å². The number of carboxylic acids is 1. The van der Waals surface area contributed by atoms with Crippen LogP contribution in [0.3, 0.4) is 0 Å². The van der Waals surface area contributed by atoms with Gasteiger partial charge in [0.1, 0.15) is 5.75 Å². The molecular formula is C26H22ClNO4. The van der Waals surface area contributed by atoms with Gasteiger partial charge in [0.2, 0.25) is 0 Å². The smallest absolute Gasteiger partial charge is 0.344 e. The highest BCUT2D eigenvalue weighted by molar-refractivity contribution is 6.30. The van der Waals surface area contributed by atoms with Crippen molar-refractivity contribution in [3.8, 4) is 5.75 Å². The van der Waals surface area contributed by atoms with Crippen LogP contribution < -0.4 is 4.74 Å². The SMILES string of the molecule is Cc1c(C(=O)c2ccc(Cl)cc2)c2ccccc2n1Cc1cccc(O[C@H](C)C(=O)O)c1. The summed E-state index contributed by atoms with van der Waals surface area (Å²) in [6, 6.07) is 22.1. The van der Waals surface area contributed by atoms with Gasteiger partial charge in [-0.3, -0.25) is 4.79 Å². The first-order valence-electron chi connectivity index (χ1n) is 10.2. The molecule has 0 radical (unpaired) electrons. The van der Waals surface area contributed by atoms with E-state index in [2.05, 4.69) is 4.57 Å². The predicted molar refractivity (Wildman–Crippen MR) is 125 cm³/mol. The summed E-state index contributed by atoms with van der Waals surface area (Å²) in [7, 11) is 0. The van der Waals surface area contributed by atoms with Crippen LogP contribution in [0.25, 0.3) is 10.9 Å². The lowest BCUT2D eigenvalue weighted by atomic mass is 10.0. The number of ketones is 1. The second-order valence-corrected chi connectivity index (χ2v) is 8.08. The second kappa shape index (κ2) is 8.89. The van der Waals surface area contributed by atoms with Crippen LogP contribution in [0.15, 0.2) is 72.8 Å². The van der Waals surface area contributed by atoms with E-state index in [0.29, 0.717) is 28.4 Å². The van der Waals surface area contributed by atoms with E-state index in [4.69, 9.17) is 21.4 Å². The minimum Gasteiger partial charge on any atom is -0.479 e. The molecule has 4 aromatic rings. The zero-order valence-electron chi connectivity index (χ0n) is 17.7. The Labute approximate surface area is 190 Å². The van der Waals surface area contributed by atoms with Crippen molar-refractivity contribution < 1.29 is 19.4 Å². The Kier molecular flexibility index (Phi) is 6.01. The molecule has 1 aromatic heterocycles. The van der Waals surface area contributed by atoms with Gasteiger partial charge >= 0.3 is 5.97 Å². The van der Waals surface area contributed by atoms with E-state index >= 15 is 0 Å². The number of ether oxygens (including phenoxy) is 1. The molecule has 0 bridgehead atoms. The highest BCUT2D eigenvalue weighted by atomic mass is 35.5. The Morgan fingerprint density at radius 2 is 1.75 bits per heavy atom. The minimum atomic E-state index is -1.02. The van der Waals surface area contributed by atoms with E-state index < -0.39 is 12.1 Å². The fourth-order valence-corrected chi connectivity index (χ4v) is 3.95. The lowest BCUT2D eigenvalue weighted by molar-refractivity contribution is -0.144. The van der Waals surface area contributed by atoms with Crippen LogP contribution in [0.1, 0.15) is 34.1 Å². The summed E-state index contributed by atoms with van der Waals surface area (Å²) in [5.41, 5.74) is 3.99. The van der Waals surface area contributed by atoms with Crippen LogP contribution in [-0.4, -0.2) is 27.5 Å². The molecule has 0 aliphatic carbocycles. The molecule has 32 heavy (non-hydrogen) atoms. The highest BCUT2D eigenvalue weighted by Crippen LogP contribution is 2.29. The molecule has 162 valence electrons.